The first kappa shape index (κ1) is 26.8. The molecule has 180 valence electrons. The van der Waals surface area contributed by atoms with E-state index in [0.29, 0.717) is 0 Å². The lowest BCUT2D eigenvalue weighted by atomic mass is 10.1. The Labute approximate surface area is 203 Å². The Morgan fingerprint density at radius 2 is 1.76 bits per heavy atom. The summed E-state index contributed by atoms with van der Waals surface area (Å²) >= 11 is 3.40. The maximum Gasteiger partial charge on any atom is 0.244 e. The van der Waals surface area contributed by atoms with E-state index in [2.05, 4.69) is 21.2 Å². The van der Waals surface area contributed by atoms with Gasteiger partial charge < -0.3 is 10.2 Å². The summed E-state index contributed by atoms with van der Waals surface area (Å²) in [6.45, 7) is 4.99. The summed E-state index contributed by atoms with van der Waals surface area (Å²) in [5.74, 6) is -1.41. The van der Waals surface area contributed by atoms with Crippen LogP contribution in [0.15, 0.2) is 53.0 Å². The van der Waals surface area contributed by atoms with E-state index in [1.807, 2.05) is 38.1 Å². The zero-order valence-corrected chi connectivity index (χ0v) is 21.5. The molecule has 0 radical (unpaired) electrons. The molecule has 2 rings (SSSR count). The summed E-state index contributed by atoms with van der Waals surface area (Å²) < 4.78 is 40.0. The molecule has 2 aromatic carbocycles. The van der Waals surface area contributed by atoms with Crippen molar-refractivity contribution in [1.82, 2.24) is 10.2 Å². The summed E-state index contributed by atoms with van der Waals surface area (Å²) in [6, 6.07) is 11.2. The van der Waals surface area contributed by atoms with Crippen molar-refractivity contribution in [3.63, 3.8) is 0 Å². The molecule has 0 saturated carbocycles. The van der Waals surface area contributed by atoms with Crippen LogP contribution in [0.1, 0.15) is 32.8 Å². The van der Waals surface area contributed by atoms with Crippen LogP contribution in [0.4, 0.5) is 10.1 Å². The van der Waals surface area contributed by atoms with Gasteiger partial charge in [-0.2, -0.15) is 0 Å². The van der Waals surface area contributed by atoms with E-state index in [4.69, 9.17) is 0 Å². The second kappa shape index (κ2) is 11.6. The molecule has 0 aliphatic heterocycles. The van der Waals surface area contributed by atoms with Crippen LogP contribution in [-0.2, 0) is 26.2 Å². The van der Waals surface area contributed by atoms with Crippen LogP contribution in [0.3, 0.4) is 0 Å². The van der Waals surface area contributed by atoms with Gasteiger partial charge in [0, 0.05) is 17.1 Å². The van der Waals surface area contributed by atoms with Gasteiger partial charge in [-0.3, -0.25) is 13.9 Å². The number of halogens is 2. The minimum absolute atomic E-state index is 0.0745. The number of nitrogens with zero attached hydrogens (tertiary/aromatic N) is 2. The third-order valence-corrected chi connectivity index (χ3v) is 6.84. The average molecular weight is 542 g/mol. The Bertz CT molecular complexity index is 1080. The summed E-state index contributed by atoms with van der Waals surface area (Å²) in [6.07, 6.45) is 1.70. The van der Waals surface area contributed by atoms with Gasteiger partial charge in [0.2, 0.25) is 21.8 Å². The number of anilines is 1. The highest BCUT2D eigenvalue weighted by atomic mass is 79.9. The highest BCUT2D eigenvalue weighted by Gasteiger charge is 2.30. The molecule has 0 fully saturated rings. The van der Waals surface area contributed by atoms with Crippen molar-refractivity contribution in [2.45, 2.75) is 45.8 Å². The molecular formula is C23H29BrFN3O4S. The molecule has 7 nitrogen and oxygen atoms in total. The standard InChI is InChI=1S/C23H29BrFN3O4S/c1-5-16(2)26-23(30)17(3)27(14-18-7-6-8-19(24)13-18)22(29)15-28(33(4,31)32)21-11-9-20(25)10-12-21/h6-13,16-17H,5,14-15H2,1-4H3,(H,26,30)/t16-,17+/m0/s1. The summed E-state index contributed by atoms with van der Waals surface area (Å²) in [5, 5.41) is 2.87. The molecular weight excluding hydrogens is 513 g/mol. The fraction of sp³-hybridized carbons (Fsp3) is 0.391. The first-order valence-electron chi connectivity index (χ1n) is 10.5. The molecule has 2 aromatic rings. The fourth-order valence-corrected chi connectivity index (χ4v) is 4.40. The van der Waals surface area contributed by atoms with E-state index < -0.39 is 34.3 Å². The van der Waals surface area contributed by atoms with Gasteiger partial charge in [0.05, 0.1) is 11.9 Å². The van der Waals surface area contributed by atoms with Crippen LogP contribution in [0.25, 0.3) is 0 Å². The monoisotopic (exact) mass is 541 g/mol. The molecule has 0 bridgehead atoms. The van der Waals surface area contributed by atoms with Crippen LogP contribution >= 0.6 is 15.9 Å². The predicted octanol–water partition coefficient (Wildman–Crippen LogP) is 3.69. The van der Waals surface area contributed by atoms with E-state index in [-0.39, 0.29) is 24.2 Å². The zero-order valence-electron chi connectivity index (χ0n) is 19.1. The van der Waals surface area contributed by atoms with Crippen molar-refractivity contribution in [2.24, 2.45) is 0 Å². The van der Waals surface area contributed by atoms with Crippen LogP contribution < -0.4 is 9.62 Å². The van der Waals surface area contributed by atoms with Gasteiger partial charge in [-0.25, -0.2) is 12.8 Å². The van der Waals surface area contributed by atoms with Gasteiger partial charge in [-0.15, -0.1) is 0 Å². The summed E-state index contributed by atoms with van der Waals surface area (Å²) in [5.41, 5.74) is 0.931. The molecule has 0 saturated heterocycles. The topological polar surface area (TPSA) is 86.8 Å². The van der Waals surface area contributed by atoms with Crippen LogP contribution in [0.2, 0.25) is 0 Å². The van der Waals surface area contributed by atoms with E-state index in [0.717, 1.165) is 39.2 Å². The van der Waals surface area contributed by atoms with E-state index in [9.17, 15) is 22.4 Å². The first-order valence-corrected chi connectivity index (χ1v) is 13.1. The van der Waals surface area contributed by atoms with E-state index in [1.165, 1.54) is 17.0 Å². The molecule has 2 atom stereocenters. The number of nitrogens with one attached hydrogen (secondary N) is 1. The number of hydrogen-bond acceptors (Lipinski definition) is 4. The van der Waals surface area contributed by atoms with E-state index in [1.54, 1.807) is 6.92 Å². The molecule has 0 heterocycles. The second-order valence-electron chi connectivity index (χ2n) is 7.89. The highest BCUT2D eigenvalue weighted by molar-refractivity contribution is 9.10. The lowest BCUT2D eigenvalue weighted by molar-refractivity contribution is -0.139. The normalized spacial score (nSPS) is 13.2. The number of benzene rings is 2. The number of rotatable bonds is 10. The molecule has 0 aromatic heterocycles. The van der Waals surface area contributed by atoms with Crippen molar-refractivity contribution in [2.75, 3.05) is 17.1 Å². The van der Waals surface area contributed by atoms with Crippen molar-refractivity contribution < 1.29 is 22.4 Å². The Hall–Kier alpha value is -2.46. The Morgan fingerprint density at radius 1 is 1.12 bits per heavy atom. The summed E-state index contributed by atoms with van der Waals surface area (Å²) in [4.78, 5) is 27.6. The Balaban J connectivity index is 2.37. The fourth-order valence-electron chi connectivity index (χ4n) is 3.10. The molecule has 1 N–H and O–H groups in total. The highest BCUT2D eigenvalue weighted by Crippen LogP contribution is 2.20. The van der Waals surface area contributed by atoms with Gasteiger partial charge in [0.25, 0.3) is 0 Å². The molecule has 0 aliphatic carbocycles. The van der Waals surface area contributed by atoms with E-state index >= 15 is 0 Å². The molecule has 10 heteroatoms. The van der Waals surface area contributed by atoms with Gasteiger partial charge in [-0.1, -0.05) is 35.0 Å². The zero-order chi connectivity index (χ0) is 24.8. The minimum atomic E-state index is -3.85. The predicted molar refractivity (Wildman–Crippen MR) is 131 cm³/mol. The lowest BCUT2D eigenvalue weighted by Crippen LogP contribution is -2.52. The van der Waals surface area contributed by atoms with Gasteiger partial charge in [0.15, 0.2) is 0 Å². The second-order valence-corrected chi connectivity index (χ2v) is 10.7. The third-order valence-electron chi connectivity index (χ3n) is 5.20. The number of sulfonamides is 1. The number of hydrogen-bond donors (Lipinski definition) is 1. The number of amides is 2. The largest absolute Gasteiger partial charge is 0.352 e. The molecule has 2 amide bonds. The molecule has 33 heavy (non-hydrogen) atoms. The maximum absolute atomic E-state index is 13.4. The van der Waals surface area contributed by atoms with Crippen molar-refractivity contribution in [3.05, 3.63) is 64.4 Å². The minimum Gasteiger partial charge on any atom is -0.352 e. The Kier molecular flexibility index (Phi) is 9.42. The van der Waals surface area contributed by atoms with Crippen molar-refractivity contribution in [1.29, 1.82) is 0 Å². The average Bonchev–Trinajstić information content (AvgIpc) is 2.75. The molecule has 0 unspecified atom stereocenters. The Morgan fingerprint density at radius 3 is 2.30 bits per heavy atom. The van der Waals surface area contributed by atoms with Crippen LogP contribution in [-0.4, -0.2) is 50.0 Å². The quantitative estimate of drug-likeness (QED) is 0.497. The van der Waals surface area contributed by atoms with Gasteiger partial charge >= 0.3 is 0 Å². The number of carbonyl (C=O) groups is 2. The summed E-state index contributed by atoms with van der Waals surface area (Å²) in [7, 11) is -3.85. The maximum atomic E-state index is 13.4. The van der Waals surface area contributed by atoms with Gasteiger partial charge in [-0.05, 0) is 62.2 Å². The number of carbonyl (C=O) groups excluding carboxylic acids is 2. The van der Waals surface area contributed by atoms with Crippen molar-refractivity contribution >= 4 is 43.5 Å². The van der Waals surface area contributed by atoms with Crippen molar-refractivity contribution in [3.8, 4) is 0 Å². The smallest absolute Gasteiger partial charge is 0.244 e. The van der Waals surface area contributed by atoms with Crippen LogP contribution in [0.5, 0.6) is 0 Å². The van der Waals surface area contributed by atoms with Gasteiger partial charge in [0.1, 0.15) is 18.4 Å². The third kappa shape index (κ3) is 7.82. The van der Waals surface area contributed by atoms with Crippen LogP contribution in [0, 0.1) is 5.82 Å². The molecule has 0 aliphatic rings. The SMILES string of the molecule is CC[C@H](C)NC(=O)[C@@H](C)N(Cc1cccc(Br)c1)C(=O)CN(c1ccc(F)cc1)S(C)(=O)=O. The molecule has 0 spiro atoms. The lowest BCUT2D eigenvalue weighted by Gasteiger charge is -2.32. The first-order chi connectivity index (χ1) is 15.4.